The summed E-state index contributed by atoms with van der Waals surface area (Å²) in [7, 11) is 0. The number of amides is 2. The van der Waals surface area contributed by atoms with Crippen molar-refractivity contribution in [2.45, 2.75) is 52.2 Å². The lowest BCUT2D eigenvalue weighted by molar-refractivity contribution is -0.116. The summed E-state index contributed by atoms with van der Waals surface area (Å²) in [5, 5.41) is 7.03. The Bertz CT molecular complexity index is 1390. The molecule has 0 heterocycles. The van der Waals surface area contributed by atoms with Crippen molar-refractivity contribution in [3.05, 3.63) is 125 Å². The first kappa shape index (κ1) is 30.1. The number of nitrogens with one attached hydrogen (secondary N) is 2. The zero-order chi connectivity index (χ0) is 29.4. The lowest BCUT2D eigenvalue weighted by Gasteiger charge is -2.11. The summed E-state index contributed by atoms with van der Waals surface area (Å²) in [5.41, 5.74) is 6.33. The maximum absolute atomic E-state index is 12.8. The Hall–Kier alpha value is -4.91. The van der Waals surface area contributed by atoms with Crippen molar-refractivity contribution in [2.75, 3.05) is 5.32 Å². The standard InChI is InChI=1S/C35H37N3O4/c1-2-3-4-11-19-34(39)37-31-18-12-17-30(22-31)35(40)38-36-24-29-20-32(41-25-27-13-7-5-8-14-27)23-33(21-29)42-26-28-15-9-6-10-16-28/h5-10,12-18,20-24H,2-4,11,19,25-26H2,1H3,(H,37,39)(H,38,40)/b36-24+. The molecule has 0 spiro atoms. The van der Waals surface area contributed by atoms with Crippen LogP contribution in [0.25, 0.3) is 0 Å². The Morgan fingerprint density at radius 3 is 2.00 bits per heavy atom. The molecule has 0 aliphatic heterocycles. The third-order valence-electron chi connectivity index (χ3n) is 6.44. The van der Waals surface area contributed by atoms with Gasteiger partial charge in [-0.3, -0.25) is 9.59 Å². The molecule has 0 saturated carbocycles. The average molecular weight is 564 g/mol. The van der Waals surface area contributed by atoms with E-state index in [9.17, 15) is 9.59 Å². The monoisotopic (exact) mass is 563 g/mol. The second-order valence-electron chi connectivity index (χ2n) is 9.93. The van der Waals surface area contributed by atoms with E-state index in [0.29, 0.717) is 47.9 Å². The lowest BCUT2D eigenvalue weighted by atomic mass is 10.1. The molecule has 0 atom stereocenters. The van der Waals surface area contributed by atoms with Gasteiger partial charge in [0, 0.05) is 29.3 Å². The predicted octanol–water partition coefficient (Wildman–Crippen LogP) is 7.52. The van der Waals surface area contributed by atoms with Gasteiger partial charge in [0.05, 0.1) is 6.21 Å². The highest BCUT2D eigenvalue weighted by Crippen LogP contribution is 2.24. The molecule has 7 nitrogen and oxygen atoms in total. The van der Waals surface area contributed by atoms with Crippen molar-refractivity contribution in [3.63, 3.8) is 0 Å². The summed E-state index contributed by atoms with van der Waals surface area (Å²) in [6, 6.07) is 32.1. The highest BCUT2D eigenvalue weighted by atomic mass is 16.5. The first-order chi connectivity index (χ1) is 20.6. The fourth-order valence-corrected chi connectivity index (χ4v) is 4.22. The van der Waals surface area contributed by atoms with Crippen molar-refractivity contribution in [1.82, 2.24) is 5.43 Å². The Labute approximate surface area is 247 Å². The van der Waals surface area contributed by atoms with Crippen LogP contribution in [0.15, 0.2) is 108 Å². The molecule has 0 radical (unpaired) electrons. The van der Waals surface area contributed by atoms with Gasteiger partial charge >= 0.3 is 0 Å². The minimum absolute atomic E-state index is 0.0543. The first-order valence-electron chi connectivity index (χ1n) is 14.3. The molecule has 0 aliphatic rings. The second-order valence-corrected chi connectivity index (χ2v) is 9.93. The third kappa shape index (κ3) is 10.2. The second kappa shape index (κ2) is 16.4. The molecule has 4 aromatic rings. The van der Waals surface area contributed by atoms with E-state index in [0.717, 1.165) is 36.8 Å². The summed E-state index contributed by atoms with van der Waals surface area (Å²) >= 11 is 0. The summed E-state index contributed by atoms with van der Waals surface area (Å²) in [4.78, 5) is 25.0. The summed E-state index contributed by atoms with van der Waals surface area (Å²) in [6.07, 6.45) is 6.14. The molecule has 7 heteroatoms. The van der Waals surface area contributed by atoms with E-state index in [4.69, 9.17) is 9.47 Å². The smallest absolute Gasteiger partial charge is 0.271 e. The van der Waals surface area contributed by atoms with E-state index < -0.39 is 0 Å². The zero-order valence-corrected chi connectivity index (χ0v) is 23.9. The Morgan fingerprint density at radius 2 is 1.38 bits per heavy atom. The van der Waals surface area contributed by atoms with Crippen LogP contribution in [0.1, 0.15) is 66.1 Å². The molecule has 216 valence electrons. The summed E-state index contributed by atoms with van der Waals surface area (Å²) < 4.78 is 12.1. The fraction of sp³-hybridized carbons (Fsp3) is 0.229. The number of hydrogen-bond donors (Lipinski definition) is 2. The Morgan fingerprint density at radius 1 is 0.738 bits per heavy atom. The number of nitrogens with zero attached hydrogens (tertiary/aromatic N) is 1. The number of benzene rings is 4. The van der Waals surface area contributed by atoms with E-state index in [1.165, 1.54) is 0 Å². The van der Waals surface area contributed by atoms with Gasteiger partial charge in [-0.15, -0.1) is 0 Å². The fourth-order valence-electron chi connectivity index (χ4n) is 4.22. The summed E-state index contributed by atoms with van der Waals surface area (Å²) in [6.45, 7) is 2.95. The van der Waals surface area contributed by atoms with E-state index in [1.807, 2.05) is 78.9 Å². The largest absolute Gasteiger partial charge is 0.489 e. The molecule has 4 aromatic carbocycles. The topological polar surface area (TPSA) is 89.0 Å². The number of hydrogen-bond acceptors (Lipinski definition) is 5. The van der Waals surface area contributed by atoms with Crippen LogP contribution in [-0.4, -0.2) is 18.0 Å². The number of unbranched alkanes of at least 4 members (excludes halogenated alkanes) is 3. The van der Waals surface area contributed by atoms with Gasteiger partial charge in [-0.25, -0.2) is 5.43 Å². The van der Waals surface area contributed by atoms with Gasteiger partial charge in [0.2, 0.25) is 5.91 Å². The van der Waals surface area contributed by atoms with Crippen molar-refractivity contribution in [3.8, 4) is 11.5 Å². The van der Waals surface area contributed by atoms with Crippen LogP contribution in [0.4, 0.5) is 5.69 Å². The molecule has 2 N–H and O–H groups in total. The third-order valence-corrected chi connectivity index (χ3v) is 6.44. The van der Waals surface area contributed by atoms with Crippen molar-refractivity contribution < 1.29 is 19.1 Å². The van der Waals surface area contributed by atoms with Crippen LogP contribution in [0, 0.1) is 0 Å². The van der Waals surface area contributed by atoms with E-state index in [1.54, 1.807) is 30.5 Å². The van der Waals surface area contributed by atoms with Gasteiger partial charge in [0.1, 0.15) is 24.7 Å². The minimum Gasteiger partial charge on any atom is -0.489 e. The van der Waals surface area contributed by atoms with Crippen LogP contribution in [0.2, 0.25) is 0 Å². The Balaban J connectivity index is 1.39. The van der Waals surface area contributed by atoms with Gasteiger partial charge in [-0.1, -0.05) is 92.9 Å². The Kier molecular flexibility index (Phi) is 11.7. The van der Waals surface area contributed by atoms with E-state index >= 15 is 0 Å². The molecule has 0 saturated heterocycles. The van der Waals surface area contributed by atoms with Crippen LogP contribution >= 0.6 is 0 Å². The van der Waals surface area contributed by atoms with Crippen LogP contribution in [0.5, 0.6) is 11.5 Å². The average Bonchev–Trinajstić information content (AvgIpc) is 3.02. The molecular formula is C35H37N3O4. The van der Waals surface area contributed by atoms with E-state index in [2.05, 4.69) is 22.8 Å². The van der Waals surface area contributed by atoms with Gasteiger partial charge in [-0.05, 0) is 47.9 Å². The molecule has 0 unspecified atom stereocenters. The van der Waals surface area contributed by atoms with Gasteiger partial charge in [0.15, 0.2) is 0 Å². The van der Waals surface area contributed by atoms with Crippen LogP contribution in [0.3, 0.4) is 0 Å². The van der Waals surface area contributed by atoms with E-state index in [-0.39, 0.29) is 11.8 Å². The van der Waals surface area contributed by atoms with Gasteiger partial charge < -0.3 is 14.8 Å². The number of ether oxygens (including phenoxy) is 2. The molecule has 42 heavy (non-hydrogen) atoms. The maximum Gasteiger partial charge on any atom is 0.271 e. The lowest BCUT2D eigenvalue weighted by Crippen LogP contribution is -2.18. The molecule has 0 bridgehead atoms. The van der Waals surface area contributed by atoms with Crippen LogP contribution in [-0.2, 0) is 18.0 Å². The number of rotatable bonds is 15. The van der Waals surface area contributed by atoms with Crippen molar-refractivity contribution in [1.29, 1.82) is 0 Å². The quantitative estimate of drug-likeness (QED) is 0.0890. The first-order valence-corrected chi connectivity index (χ1v) is 14.3. The zero-order valence-electron chi connectivity index (χ0n) is 23.9. The van der Waals surface area contributed by atoms with Gasteiger partial charge in [0.25, 0.3) is 5.91 Å². The normalized spacial score (nSPS) is 10.8. The maximum atomic E-state index is 12.8. The number of anilines is 1. The number of carbonyl (C=O) groups excluding carboxylic acids is 2. The van der Waals surface area contributed by atoms with Crippen LogP contribution < -0.4 is 20.2 Å². The molecule has 0 aliphatic carbocycles. The van der Waals surface area contributed by atoms with Crippen molar-refractivity contribution >= 4 is 23.7 Å². The van der Waals surface area contributed by atoms with Gasteiger partial charge in [-0.2, -0.15) is 5.10 Å². The molecule has 0 fully saturated rings. The molecule has 4 rings (SSSR count). The highest BCUT2D eigenvalue weighted by Gasteiger charge is 2.08. The minimum atomic E-state index is -0.387. The number of hydrazone groups is 1. The predicted molar refractivity (Wildman–Crippen MR) is 167 cm³/mol. The van der Waals surface area contributed by atoms with Crippen molar-refractivity contribution in [2.24, 2.45) is 5.10 Å². The summed E-state index contributed by atoms with van der Waals surface area (Å²) in [5.74, 6) is 0.800. The molecule has 2 amide bonds. The number of carbonyl (C=O) groups is 2. The molecule has 0 aromatic heterocycles. The highest BCUT2D eigenvalue weighted by molar-refractivity contribution is 5.97. The molecular weight excluding hydrogens is 526 g/mol. The SMILES string of the molecule is CCCCCCC(=O)Nc1cccc(C(=O)N/N=C/c2cc(OCc3ccccc3)cc(OCc3ccccc3)c2)c1.